The zero-order chi connectivity index (χ0) is 9.56. The van der Waals surface area contributed by atoms with Crippen molar-refractivity contribution in [1.29, 1.82) is 5.26 Å². The zero-order valence-electron chi connectivity index (χ0n) is 7.83. The molecule has 0 rings (SSSR count). The third kappa shape index (κ3) is 4.70. The van der Waals surface area contributed by atoms with Crippen LogP contribution >= 0.6 is 0 Å². The molecule has 2 heteroatoms. The Balaban J connectivity index is 4.07. The first-order valence-electron chi connectivity index (χ1n) is 3.95. The van der Waals surface area contributed by atoms with Crippen LogP contribution in [0.1, 0.15) is 27.2 Å². The van der Waals surface area contributed by atoms with E-state index in [1.54, 1.807) is 6.92 Å². The normalized spacial score (nSPS) is 13.4. The molecule has 1 unspecified atom stereocenters. The van der Waals surface area contributed by atoms with Crippen molar-refractivity contribution in [2.45, 2.75) is 33.3 Å². The highest BCUT2D eigenvalue weighted by atomic mass is 16.3. The second-order valence-corrected chi connectivity index (χ2v) is 3.05. The van der Waals surface area contributed by atoms with Crippen LogP contribution in [-0.4, -0.2) is 11.2 Å². The summed E-state index contributed by atoms with van der Waals surface area (Å²) in [6.45, 7) is 5.72. The van der Waals surface area contributed by atoms with Gasteiger partial charge >= 0.3 is 0 Å². The van der Waals surface area contributed by atoms with E-state index >= 15 is 0 Å². The maximum absolute atomic E-state index is 9.43. The van der Waals surface area contributed by atoms with E-state index in [2.05, 4.69) is 0 Å². The Morgan fingerprint density at radius 3 is 2.50 bits per heavy atom. The molecular weight excluding hydrogens is 150 g/mol. The maximum Gasteiger partial charge on any atom is 0.0912 e. The van der Waals surface area contributed by atoms with Gasteiger partial charge in [-0.3, -0.25) is 0 Å². The summed E-state index contributed by atoms with van der Waals surface area (Å²) in [7, 11) is 0. The highest BCUT2D eigenvalue weighted by Gasteiger charge is 2.02. The van der Waals surface area contributed by atoms with Crippen LogP contribution in [0.15, 0.2) is 23.3 Å². The van der Waals surface area contributed by atoms with Crippen LogP contribution in [0.5, 0.6) is 0 Å². The monoisotopic (exact) mass is 165 g/mol. The van der Waals surface area contributed by atoms with Gasteiger partial charge in [0.05, 0.1) is 12.2 Å². The average molecular weight is 165 g/mol. The van der Waals surface area contributed by atoms with Gasteiger partial charge in [-0.15, -0.1) is 0 Å². The van der Waals surface area contributed by atoms with Crippen molar-refractivity contribution in [3.63, 3.8) is 0 Å². The van der Waals surface area contributed by atoms with Crippen LogP contribution < -0.4 is 0 Å². The van der Waals surface area contributed by atoms with Crippen LogP contribution in [0.2, 0.25) is 0 Å². The minimum absolute atomic E-state index is 0.514. The van der Waals surface area contributed by atoms with E-state index in [1.807, 2.05) is 26.0 Å². The number of aliphatic hydroxyl groups is 1. The molecule has 0 saturated carbocycles. The second kappa shape index (κ2) is 5.56. The highest BCUT2D eigenvalue weighted by Crippen LogP contribution is 2.07. The number of nitrogens with zero attached hydrogens (tertiary/aromatic N) is 1. The molecule has 0 radical (unpaired) electrons. The van der Waals surface area contributed by atoms with Gasteiger partial charge in [0, 0.05) is 6.08 Å². The zero-order valence-corrected chi connectivity index (χ0v) is 7.83. The van der Waals surface area contributed by atoms with Gasteiger partial charge in [0.2, 0.25) is 0 Å². The second-order valence-electron chi connectivity index (χ2n) is 3.05. The molecule has 1 atom stereocenters. The van der Waals surface area contributed by atoms with Gasteiger partial charge in [0.15, 0.2) is 0 Å². The van der Waals surface area contributed by atoms with Crippen molar-refractivity contribution in [1.82, 2.24) is 0 Å². The molecule has 0 spiro atoms. The molecule has 0 aromatic carbocycles. The van der Waals surface area contributed by atoms with E-state index in [-0.39, 0.29) is 0 Å². The lowest BCUT2D eigenvalue weighted by Gasteiger charge is -2.06. The Labute approximate surface area is 73.8 Å². The summed E-state index contributed by atoms with van der Waals surface area (Å²) in [5.41, 5.74) is 1.90. The molecule has 0 aromatic heterocycles. The molecule has 0 aliphatic carbocycles. The highest BCUT2D eigenvalue weighted by molar-refractivity contribution is 5.16. The first-order valence-corrected chi connectivity index (χ1v) is 3.95. The molecule has 0 aromatic rings. The first kappa shape index (κ1) is 10.9. The minimum Gasteiger partial charge on any atom is -0.388 e. The lowest BCUT2D eigenvalue weighted by atomic mass is 10.1. The van der Waals surface area contributed by atoms with Crippen LogP contribution in [-0.2, 0) is 0 Å². The lowest BCUT2D eigenvalue weighted by molar-refractivity contribution is 0.214. The summed E-state index contributed by atoms with van der Waals surface area (Å²) >= 11 is 0. The Kier molecular flexibility index (Phi) is 5.07. The molecule has 66 valence electrons. The minimum atomic E-state index is -0.514. The molecule has 2 nitrogen and oxygen atoms in total. The number of allylic oxidation sites excluding steroid dienone is 2. The SMILES string of the molecule is CC(C)=CCC(O)/C(C)=C/C#N. The fourth-order valence-corrected chi connectivity index (χ4v) is 0.731. The quantitative estimate of drug-likeness (QED) is 0.514. The van der Waals surface area contributed by atoms with Crippen molar-refractivity contribution in [3.8, 4) is 6.07 Å². The smallest absolute Gasteiger partial charge is 0.0912 e. The molecule has 0 amide bonds. The van der Waals surface area contributed by atoms with E-state index in [0.717, 1.165) is 5.57 Å². The van der Waals surface area contributed by atoms with E-state index in [1.165, 1.54) is 11.6 Å². The molecule has 0 heterocycles. The molecule has 0 aliphatic rings. The predicted octanol–water partition coefficient (Wildman–Crippen LogP) is 2.17. The number of hydrogen-bond donors (Lipinski definition) is 1. The number of nitriles is 1. The van der Waals surface area contributed by atoms with Gasteiger partial charge in [-0.2, -0.15) is 5.26 Å². The van der Waals surface area contributed by atoms with Gasteiger partial charge in [-0.25, -0.2) is 0 Å². The Bertz CT molecular complexity index is 229. The van der Waals surface area contributed by atoms with Gasteiger partial charge < -0.3 is 5.11 Å². The van der Waals surface area contributed by atoms with Crippen molar-refractivity contribution in [2.75, 3.05) is 0 Å². The van der Waals surface area contributed by atoms with Crippen molar-refractivity contribution in [3.05, 3.63) is 23.3 Å². The summed E-state index contributed by atoms with van der Waals surface area (Å²) in [6.07, 6.45) is 3.41. The molecule has 1 N–H and O–H groups in total. The number of aliphatic hydroxyl groups excluding tert-OH is 1. The Hall–Kier alpha value is -1.07. The summed E-state index contributed by atoms with van der Waals surface area (Å²) in [5.74, 6) is 0. The number of rotatable bonds is 3. The lowest BCUT2D eigenvalue weighted by Crippen LogP contribution is -2.06. The molecule has 0 saturated heterocycles. The summed E-state index contributed by atoms with van der Waals surface area (Å²) < 4.78 is 0. The predicted molar refractivity (Wildman–Crippen MR) is 49.4 cm³/mol. The Morgan fingerprint density at radius 2 is 2.08 bits per heavy atom. The van der Waals surface area contributed by atoms with E-state index in [9.17, 15) is 5.11 Å². The van der Waals surface area contributed by atoms with Crippen molar-refractivity contribution < 1.29 is 5.11 Å². The largest absolute Gasteiger partial charge is 0.388 e. The van der Waals surface area contributed by atoms with Crippen molar-refractivity contribution >= 4 is 0 Å². The van der Waals surface area contributed by atoms with Crippen LogP contribution in [0, 0.1) is 11.3 Å². The van der Waals surface area contributed by atoms with E-state index < -0.39 is 6.10 Å². The molecular formula is C10H15NO. The van der Waals surface area contributed by atoms with Crippen LogP contribution in [0.4, 0.5) is 0 Å². The fourth-order valence-electron chi connectivity index (χ4n) is 0.731. The molecule has 0 aliphatic heterocycles. The van der Waals surface area contributed by atoms with Gasteiger partial charge in [0.25, 0.3) is 0 Å². The van der Waals surface area contributed by atoms with E-state index in [4.69, 9.17) is 5.26 Å². The van der Waals surface area contributed by atoms with Crippen LogP contribution in [0.3, 0.4) is 0 Å². The number of hydrogen-bond acceptors (Lipinski definition) is 2. The van der Waals surface area contributed by atoms with Gasteiger partial charge in [-0.1, -0.05) is 11.6 Å². The standard InChI is InChI=1S/C10H15NO/c1-8(2)4-5-10(12)9(3)6-7-11/h4,6,10,12H,5H2,1-3H3/b9-6+. The van der Waals surface area contributed by atoms with Gasteiger partial charge in [0.1, 0.15) is 0 Å². The summed E-state index contributed by atoms with van der Waals surface area (Å²) in [4.78, 5) is 0. The maximum atomic E-state index is 9.43. The van der Waals surface area contributed by atoms with Crippen LogP contribution in [0.25, 0.3) is 0 Å². The van der Waals surface area contributed by atoms with Gasteiger partial charge in [-0.05, 0) is 32.8 Å². The molecule has 0 fully saturated rings. The first-order chi connectivity index (χ1) is 5.57. The Morgan fingerprint density at radius 1 is 1.50 bits per heavy atom. The van der Waals surface area contributed by atoms with Crippen molar-refractivity contribution in [2.24, 2.45) is 0 Å². The summed E-state index contributed by atoms with van der Waals surface area (Å²) in [5, 5.41) is 17.7. The molecule has 0 bridgehead atoms. The summed E-state index contributed by atoms with van der Waals surface area (Å²) in [6, 6.07) is 1.89. The topological polar surface area (TPSA) is 44.0 Å². The third-order valence-corrected chi connectivity index (χ3v) is 1.57. The average Bonchev–Trinajstić information content (AvgIpc) is 2.00. The molecule has 12 heavy (non-hydrogen) atoms. The van der Waals surface area contributed by atoms with E-state index in [0.29, 0.717) is 6.42 Å². The third-order valence-electron chi connectivity index (χ3n) is 1.57. The fraction of sp³-hybridized carbons (Fsp3) is 0.500.